The van der Waals surface area contributed by atoms with E-state index < -0.39 is 5.97 Å². The van der Waals surface area contributed by atoms with Gasteiger partial charge in [0.05, 0.1) is 0 Å². The number of hydrogen-bond acceptors (Lipinski definition) is 3. The number of likely N-dealkylation sites (tertiary alicyclic amines) is 1. The smallest absolute Gasteiger partial charge is 0.303 e. The van der Waals surface area contributed by atoms with Crippen molar-refractivity contribution in [3.8, 4) is 0 Å². The molecule has 6 heteroatoms. The lowest BCUT2D eigenvalue weighted by Gasteiger charge is -2.30. The number of nitrogens with zero attached hydrogens (tertiary/aromatic N) is 1. The second kappa shape index (κ2) is 5.77. The van der Waals surface area contributed by atoms with Crippen molar-refractivity contribution in [2.24, 2.45) is 5.92 Å². The van der Waals surface area contributed by atoms with Crippen LogP contribution in [0.2, 0.25) is 0 Å². The van der Waals surface area contributed by atoms with Gasteiger partial charge < -0.3 is 14.4 Å². The summed E-state index contributed by atoms with van der Waals surface area (Å²) in [5.41, 5.74) is 0.810. The lowest BCUT2D eigenvalue weighted by molar-refractivity contribution is -0.138. The first-order chi connectivity index (χ1) is 8.97. The van der Waals surface area contributed by atoms with Gasteiger partial charge in [0, 0.05) is 25.1 Å². The predicted molar refractivity (Wildman–Crippen MR) is 72.0 cm³/mol. The molecule has 1 saturated heterocycles. The van der Waals surface area contributed by atoms with Gasteiger partial charge >= 0.3 is 5.97 Å². The van der Waals surface area contributed by atoms with Crippen LogP contribution in [-0.2, 0) is 4.79 Å². The SMILES string of the molecule is Cc1cc(Br)oc1C(=O)N1CCC(CC(=O)O)CC1. The van der Waals surface area contributed by atoms with E-state index in [4.69, 9.17) is 9.52 Å². The summed E-state index contributed by atoms with van der Waals surface area (Å²) in [4.78, 5) is 24.6. The highest BCUT2D eigenvalue weighted by molar-refractivity contribution is 9.10. The van der Waals surface area contributed by atoms with Crippen LogP contribution in [0.25, 0.3) is 0 Å². The molecule has 1 amide bonds. The fourth-order valence-corrected chi connectivity index (χ4v) is 2.89. The number of piperidine rings is 1. The Morgan fingerprint density at radius 3 is 2.58 bits per heavy atom. The van der Waals surface area contributed by atoms with E-state index in [1.165, 1.54) is 0 Å². The molecule has 2 rings (SSSR count). The van der Waals surface area contributed by atoms with E-state index >= 15 is 0 Å². The number of carboxylic acid groups (broad SMARTS) is 1. The summed E-state index contributed by atoms with van der Waals surface area (Å²) in [6, 6.07) is 1.77. The summed E-state index contributed by atoms with van der Waals surface area (Å²) in [6.45, 7) is 3.02. The van der Waals surface area contributed by atoms with E-state index in [2.05, 4.69) is 15.9 Å². The molecule has 0 saturated carbocycles. The van der Waals surface area contributed by atoms with Crippen molar-refractivity contribution in [2.75, 3.05) is 13.1 Å². The van der Waals surface area contributed by atoms with Gasteiger partial charge in [-0.05, 0) is 47.7 Å². The lowest BCUT2D eigenvalue weighted by atomic mass is 9.93. The zero-order chi connectivity index (χ0) is 14.0. The van der Waals surface area contributed by atoms with Crippen molar-refractivity contribution < 1.29 is 19.1 Å². The molecular formula is C13H16BrNO4. The third kappa shape index (κ3) is 3.37. The number of carboxylic acids is 1. The molecule has 1 aromatic rings. The fourth-order valence-electron chi connectivity index (χ4n) is 2.39. The Morgan fingerprint density at radius 1 is 1.47 bits per heavy atom. The van der Waals surface area contributed by atoms with Crippen LogP contribution >= 0.6 is 15.9 Å². The summed E-state index contributed by atoms with van der Waals surface area (Å²) in [5, 5.41) is 8.76. The average Bonchev–Trinajstić information content (AvgIpc) is 2.68. The van der Waals surface area contributed by atoms with E-state index in [0.717, 1.165) is 18.4 Å². The Hall–Kier alpha value is -1.30. The molecule has 1 aromatic heterocycles. The van der Waals surface area contributed by atoms with Crippen molar-refractivity contribution in [3.63, 3.8) is 0 Å². The van der Waals surface area contributed by atoms with E-state index in [-0.39, 0.29) is 18.2 Å². The first-order valence-corrected chi connectivity index (χ1v) is 7.03. The molecule has 0 atom stereocenters. The summed E-state index contributed by atoms with van der Waals surface area (Å²) in [5.74, 6) is -0.345. The van der Waals surface area contributed by atoms with Gasteiger partial charge in [0.25, 0.3) is 5.91 Å². The van der Waals surface area contributed by atoms with Crippen molar-refractivity contribution in [3.05, 3.63) is 22.1 Å². The number of hydrogen-bond donors (Lipinski definition) is 1. The first kappa shape index (κ1) is 14.1. The number of amides is 1. The van der Waals surface area contributed by atoms with Crippen LogP contribution in [0.3, 0.4) is 0 Å². The summed E-state index contributed by atoms with van der Waals surface area (Å²) >= 11 is 3.21. The van der Waals surface area contributed by atoms with Gasteiger partial charge in [0.2, 0.25) is 0 Å². The van der Waals surface area contributed by atoms with Crippen molar-refractivity contribution in [1.82, 2.24) is 4.90 Å². The van der Waals surface area contributed by atoms with Gasteiger partial charge in [-0.15, -0.1) is 0 Å². The molecule has 104 valence electrons. The summed E-state index contributed by atoms with van der Waals surface area (Å²) in [7, 11) is 0. The second-order valence-corrected chi connectivity index (χ2v) is 5.68. The third-order valence-electron chi connectivity index (χ3n) is 3.45. The van der Waals surface area contributed by atoms with E-state index in [9.17, 15) is 9.59 Å². The van der Waals surface area contributed by atoms with Gasteiger partial charge in [0.15, 0.2) is 10.4 Å². The van der Waals surface area contributed by atoms with Crippen LogP contribution in [0.1, 0.15) is 35.4 Å². The van der Waals surface area contributed by atoms with Gasteiger partial charge in [-0.1, -0.05) is 0 Å². The normalized spacial score (nSPS) is 16.6. The molecule has 0 bridgehead atoms. The molecule has 2 heterocycles. The molecule has 1 fully saturated rings. The Kier molecular flexibility index (Phi) is 4.29. The standard InChI is InChI=1S/C13H16BrNO4/c1-8-6-10(14)19-12(8)13(18)15-4-2-9(3-5-15)7-11(16)17/h6,9H,2-5,7H2,1H3,(H,16,17). The molecule has 0 radical (unpaired) electrons. The maximum Gasteiger partial charge on any atom is 0.303 e. The van der Waals surface area contributed by atoms with Crippen LogP contribution in [0.4, 0.5) is 0 Å². The van der Waals surface area contributed by atoms with Crippen LogP contribution in [0.5, 0.6) is 0 Å². The highest BCUT2D eigenvalue weighted by atomic mass is 79.9. The molecule has 19 heavy (non-hydrogen) atoms. The fraction of sp³-hybridized carbons (Fsp3) is 0.538. The van der Waals surface area contributed by atoms with Crippen LogP contribution in [0, 0.1) is 12.8 Å². The maximum absolute atomic E-state index is 12.3. The minimum Gasteiger partial charge on any atom is -0.481 e. The number of aryl methyl sites for hydroxylation is 1. The molecule has 0 spiro atoms. The minimum absolute atomic E-state index is 0.114. The first-order valence-electron chi connectivity index (χ1n) is 6.24. The predicted octanol–water partition coefficient (Wildman–Crippen LogP) is 2.68. The Balaban J connectivity index is 1.96. The van der Waals surface area contributed by atoms with Gasteiger partial charge in [0.1, 0.15) is 0 Å². The van der Waals surface area contributed by atoms with Gasteiger partial charge in [-0.3, -0.25) is 9.59 Å². The topological polar surface area (TPSA) is 70.8 Å². The van der Waals surface area contributed by atoms with Gasteiger partial charge in [-0.2, -0.15) is 0 Å². The molecule has 0 aliphatic carbocycles. The van der Waals surface area contributed by atoms with E-state index in [0.29, 0.717) is 23.5 Å². The molecular weight excluding hydrogens is 314 g/mol. The minimum atomic E-state index is -0.768. The molecule has 1 aliphatic rings. The van der Waals surface area contributed by atoms with Crippen molar-refractivity contribution >= 4 is 27.8 Å². The second-order valence-electron chi connectivity index (χ2n) is 4.90. The summed E-state index contributed by atoms with van der Waals surface area (Å²) < 4.78 is 5.90. The zero-order valence-corrected chi connectivity index (χ0v) is 12.3. The van der Waals surface area contributed by atoms with E-state index in [1.54, 1.807) is 11.0 Å². The highest BCUT2D eigenvalue weighted by Gasteiger charge is 2.27. The third-order valence-corrected chi connectivity index (χ3v) is 3.84. The number of aliphatic carboxylic acids is 1. The molecule has 5 nitrogen and oxygen atoms in total. The Labute approximate surface area is 119 Å². The van der Waals surface area contributed by atoms with Crippen LogP contribution < -0.4 is 0 Å². The van der Waals surface area contributed by atoms with Crippen molar-refractivity contribution in [1.29, 1.82) is 0 Å². The molecule has 1 aliphatic heterocycles. The monoisotopic (exact) mass is 329 g/mol. The van der Waals surface area contributed by atoms with Crippen molar-refractivity contribution in [2.45, 2.75) is 26.2 Å². The molecule has 0 aromatic carbocycles. The zero-order valence-electron chi connectivity index (χ0n) is 10.7. The molecule has 0 unspecified atom stereocenters. The number of furan rings is 1. The quantitative estimate of drug-likeness (QED) is 0.925. The lowest BCUT2D eigenvalue weighted by Crippen LogP contribution is -2.39. The number of carbonyl (C=O) groups is 2. The van der Waals surface area contributed by atoms with Gasteiger partial charge in [-0.25, -0.2) is 0 Å². The average molecular weight is 330 g/mol. The number of halogens is 1. The van der Waals surface area contributed by atoms with E-state index in [1.807, 2.05) is 6.92 Å². The molecule has 1 N–H and O–H groups in total. The Morgan fingerprint density at radius 2 is 2.11 bits per heavy atom. The van der Waals surface area contributed by atoms with Crippen LogP contribution in [-0.4, -0.2) is 35.0 Å². The highest BCUT2D eigenvalue weighted by Crippen LogP contribution is 2.25. The maximum atomic E-state index is 12.3. The van der Waals surface area contributed by atoms with Crippen LogP contribution in [0.15, 0.2) is 15.2 Å². The number of carbonyl (C=O) groups excluding carboxylic acids is 1. The largest absolute Gasteiger partial charge is 0.481 e. The summed E-state index contributed by atoms with van der Waals surface area (Å²) in [6.07, 6.45) is 1.66. The number of rotatable bonds is 3. The Bertz CT molecular complexity index is 489.